The van der Waals surface area contributed by atoms with Crippen molar-refractivity contribution in [3.8, 4) is 0 Å². The Labute approximate surface area is 99.8 Å². The summed E-state index contributed by atoms with van der Waals surface area (Å²) in [6.45, 7) is 4.28. The summed E-state index contributed by atoms with van der Waals surface area (Å²) in [5, 5.41) is 3.63. The van der Waals surface area contributed by atoms with Crippen LogP contribution in [0.3, 0.4) is 0 Å². The van der Waals surface area contributed by atoms with Gasteiger partial charge in [0, 0.05) is 12.2 Å². The Morgan fingerprint density at radius 2 is 2.06 bits per heavy atom. The van der Waals surface area contributed by atoms with Gasteiger partial charge in [-0.25, -0.2) is 0 Å². The molecular formula is C13H14N2O2. The van der Waals surface area contributed by atoms with E-state index in [1.165, 1.54) is 6.20 Å². The Morgan fingerprint density at radius 3 is 2.59 bits per heavy atom. The summed E-state index contributed by atoms with van der Waals surface area (Å²) in [4.78, 5) is 14.0. The van der Waals surface area contributed by atoms with Crippen molar-refractivity contribution in [1.29, 1.82) is 0 Å². The third kappa shape index (κ3) is 2.20. The third-order valence-corrected chi connectivity index (χ3v) is 2.61. The summed E-state index contributed by atoms with van der Waals surface area (Å²) in [5.41, 5.74) is 1.39. The lowest BCUT2D eigenvalue weighted by Gasteiger charge is -2.20. The molecule has 2 aromatic rings. The minimum absolute atomic E-state index is 0.0857. The van der Waals surface area contributed by atoms with Crippen molar-refractivity contribution in [3.05, 3.63) is 47.9 Å². The SMILES string of the molecule is CCN(C(=O)c1cnoc1C)c1ccccc1. The minimum Gasteiger partial charge on any atom is -0.361 e. The largest absolute Gasteiger partial charge is 0.361 e. The number of aryl methyl sites for hydroxylation is 1. The molecular weight excluding hydrogens is 216 g/mol. The number of benzene rings is 1. The van der Waals surface area contributed by atoms with Gasteiger partial charge in [-0.3, -0.25) is 4.79 Å². The highest BCUT2D eigenvalue weighted by atomic mass is 16.5. The van der Waals surface area contributed by atoms with Crippen LogP contribution < -0.4 is 4.90 Å². The zero-order valence-corrected chi connectivity index (χ0v) is 9.88. The van der Waals surface area contributed by atoms with Gasteiger partial charge in [-0.15, -0.1) is 0 Å². The van der Waals surface area contributed by atoms with E-state index in [1.807, 2.05) is 37.3 Å². The van der Waals surface area contributed by atoms with Crippen molar-refractivity contribution in [3.63, 3.8) is 0 Å². The third-order valence-electron chi connectivity index (χ3n) is 2.61. The van der Waals surface area contributed by atoms with Crippen molar-refractivity contribution in [2.24, 2.45) is 0 Å². The van der Waals surface area contributed by atoms with Crippen LogP contribution in [0.25, 0.3) is 0 Å². The van der Waals surface area contributed by atoms with Gasteiger partial charge in [0.1, 0.15) is 11.3 Å². The van der Waals surface area contributed by atoms with Crippen molar-refractivity contribution in [2.75, 3.05) is 11.4 Å². The van der Waals surface area contributed by atoms with Crippen LogP contribution >= 0.6 is 0 Å². The van der Waals surface area contributed by atoms with E-state index < -0.39 is 0 Å². The lowest BCUT2D eigenvalue weighted by molar-refractivity contribution is 0.0987. The maximum Gasteiger partial charge on any atom is 0.263 e. The molecule has 0 spiro atoms. The first-order valence-electron chi connectivity index (χ1n) is 5.52. The Bertz CT molecular complexity index is 505. The fraction of sp³-hybridized carbons (Fsp3) is 0.231. The predicted molar refractivity (Wildman–Crippen MR) is 65.0 cm³/mol. The number of hydrogen-bond donors (Lipinski definition) is 0. The van der Waals surface area contributed by atoms with E-state index in [0.717, 1.165) is 5.69 Å². The minimum atomic E-state index is -0.0857. The van der Waals surface area contributed by atoms with E-state index in [4.69, 9.17) is 4.52 Å². The Kier molecular flexibility index (Phi) is 3.23. The summed E-state index contributed by atoms with van der Waals surface area (Å²) in [7, 11) is 0. The summed E-state index contributed by atoms with van der Waals surface area (Å²) in [5.74, 6) is 0.460. The second kappa shape index (κ2) is 4.82. The first-order valence-corrected chi connectivity index (χ1v) is 5.52. The molecule has 0 saturated carbocycles. The second-order valence-corrected chi connectivity index (χ2v) is 3.68. The van der Waals surface area contributed by atoms with E-state index in [2.05, 4.69) is 5.16 Å². The molecule has 4 heteroatoms. The monoisotopic (exact) mass is 230 g/mol. The normalized spacial score (nSPS) is 10.2. The summed E-state index contributed by atoms with van der Waals surface area (Å²) >= 11 is 0. The molecule has 0 fully saturated rings. The van der Waals surface area contributed by atoms with Crippen molar-refractivity contribution in [2.45, 2.75) is 13.8 Å². The molecule has 0 aliphatic rings. The molecule has 0 aliphatic carbocycles. The van der Waals surface area contributed by atoms with E-state index in [1.54, 1.807) is 11.8 Å². The van der Waals surface area contributed by atoms with Gasteiger partial charge in [0.2, 0.25) is 0 Å². The number of hydrogen-bond acceptors (Lipinski definition) is 3. The predicted octanol–water partition coefficient (Wildman–Crippen LogP) is 2.65. The van der Waals surface area contributed by atoms with Crippen LogP contribution in [0.4, 0.5) is 5.69 Å². The number of carbonyl (C=O) groups excluding carboxylic acids is 1. The molecule has 0 radical (unpaired) electrons. The molecule has 0 N–H and O–H groups in total. The topological polar surface area (TPSA) is 46.3 Å². The smallest absolute Gasteiger partial charge is 0.263 e. The van der Waals surface area contributed by atoms with E-state index in [-0.39, 0.29) is 5.91 Å². The molecule has 0 unspecified atom stereocenters. The van der Waals surface area contributed by atoms with Crippen LogP contribution in [-0.4, -0.2) is 17.6 Å². The molecule has 17 heavy (non-hydrogen) atoms. The van der Waals surface area contributed by atoms with Crippen LogP contribution in [0, 0.1) is 6.92 Å². The zero-order valence-electron chi connectivity index (χ0n) is 9.88. The standard InChI is InChI=1S/C13H14N2O2/c1-3-15(11-7-5-4-6-8-11)13(16)12-9-14-17-10(12)2/h4-9H,3H2,1-2H3. The quantitative estimate of drug-likeness (QED) is 0.814. The summed E-state index contributed by atoms with van der Waals surface area (Å²) < 4.78 is 4.92. The number of anilines is 1. The van der Waals surface area contributed by atoms with Gasteiger partial charge in [0.15, 0.2) is 0 Å². The molecule has 0 atom stereocenters. The highest BCUT2D eigenvalue weighted by molar-refractivity contribution is 6.06. The number of nitrogens with zero attached hydrogens (tertiary/aromatic N) is 2. The van der Waals surface area contributed by atoms with Gasteiger partial charge >= 0.3 is 0 Å². The number of para-hydroxylation sites is 1. The molecule has 0 bridgehead atoms. The van der Waals surface area contributed by atoms with Gasteiger partial charge in [-0.2, -0.15) is 0 Å². The van der Waals surface area contributed by atoms with Crippen molar-refractivity contribution >= 4 is 11.6 Å². The Morgan fingerprint density at radius 1 is 1.35 bits per heavy atom. The summed E-state index contributed by atoms with van der Waals surface area (Å²) in [6.07, 6.45) is 1.46. The molecule has 1 amide bonds. The molecule has 4 nitrogen and oxygen atoms in total. The number of rotatable bonds is 3. The lowest BCUT2D eigenvalue weighted by Crippen LogP contribution is -2.30. The molecule has 1 aromatic heterocycles. The van der Waals surface area contributed by atoms with Gasteiger partial charge < -0.3 is 9.42 Å². The van der Waals surface area contributed by atoms with Crippen LogP contribution in [-0.2, 0) is 0 Å². The molecule has 1 aromatic carbocycles. The molecule has 0 aliphatic heterocycles. The van der Waals surface area contributed by atoms with E-state index in [9.17, 15) is 4.79 Å². The van der Waals surface area contributed by atoms with E-state index >= 15 is 0 Å². The number of amides is 1. The maximum atomic E-state index is 12.3. The van der Waals surface area contributed by atoms with Gasteiger partial charge in [0.05, 0.1) is 6.20 Å². The fourth-order valence-electron chi connectivity index (χ4n) is 1.70. The Hall–Kier alpha value is -2.10. The van der Waals surface area contributed by atoms with Crippen LogP contribution in [0.15, 0.2) is 41.1 Å². The van der Waals surface area contributed by atoms with Crippen molar-refractivity contribution in [1.82, 2.24) is 5.16 Å². The first-order chi connectivity index (χ1) is 8.24. The van der Waals surface area contributed by atoms with Gasteiger partial charge in [0.25, 0.3) is 5.91 Å². The molecule has 0 saturated heterocycles. The lowest BCUT2D eigenvalue weighted by atomic mass is 10.2. The fourth-order valence-corrected chi connectivity index (χ4v) is 1.70. The second-order valence-electron chi connectivity index (χ2n) is 3.68. The zero-order chi connectivity index (χ0) is 12.3. The van der Waals surface area contributed by atoms with Gasteiger partial charge in [-0.05, 0) is 26.0 Å². The highest BCUT2D eigenvalue weighted by Crippen LogP contribution is 2.17. The van der Waals surface area contributed by atoms with Crippen LogP contribution in [0.5, 0.6) is 0 Å². The average molecular weight is 230 g/mol. The van der Waals surface area contributed by atoms with Gasteiger partial charge in [-0.1, -0.05) is 23.4 Å². The van der Waals surface area contributed by atoms with Crippen LogP contribution in [0.1, 0.15) is 23.0 Å². The first kappa shape index (κ1) is 11.4. The Balaban J connectivity index is 2.32. The van der Waals surface area contributed by atoms with Crippen LogP contribution in [0.2, 0.25) is 0 Å². The highest BCUT2D eigenvalue weighted by Gasteiger charge is 2.20. The number of carbonyl (C=O) groups is 1. The maximum absolute atomic E-state index is 12.3. The summed E-state index contributed by atoms with van der Waals surface area (Å²) in [6, 6.07) is 9.55. The average Bonchev–Trinajstić information content (AvgIpc) is 2.77. The molecule has 1 heterocycles. The molecule has 88 valence electrons. The van der Waals surface area contributed by atoms with E-state index in [0.29, 0.717) is 17.9 Å². The molecule has 2 rings (SSSR count). The number of aromatic nitrogens is 1. The van der Waals surface area contributed by atoms with Crippen molar-refractivity contribution < 1.29 is 9.32 Å².